The van der Waals surface area contributed by atoms with E-state index in [1.807, 2.05) is 37.1 Å². The van der Waals surface area contributed by atoms with Gasteiger partial charge in [0.15, 0.2) is 0 Å². The van der Waals surface area contributed by atoms with Crippen LogP contribution >= 0.6 is 0 Å². The molecule has 4 rings (SSSR count). The minimum absolute atomic E-state index is 0.102. The number of rotatable bonds is 6. The van der Waals surface area contributed by atoms with Crippen molar-refractivity contribution in [1.82, 2.24) is 4.98 Å². The fraction of sp³-hybridized carbons (Fsp3) is 0.240. The van der Waals surface area contributed by atoms with Gasteiger partial charge in [0.2, 0.25) is 0 Å². The third-order valence-corrected chi connectivity index (χ3v) is 7.86. The van der Waals surface area contributed by atoms with Crippen LogP contribution in [0.15, 0.2) is 64.4 Å². The third-order valence-electron chi connectivity index (χ3n) is 5.66. The van der Waals surface area contributed by atoms with Crippen molar-refractivity contribution in [2.75, 3.05) is 24.3 Å². The van der Waals surface area contributed by atoms with Crippen molar-refractivity contribution >= 4 is 37.0 Å². The fourth-order valence-electron chi connectivity index (χ4n) is 4.06. The second kappa shape index (κ2) is 9.53. The van der Waals surface area contributed by atoms with E-state index in [0.29, 0.717) is 38.4 Å². The number of hydrogen-bond donors (Lipinski definition) is 1. The van der Waals surface area contributed by atoms with E-state index in [-0.39, 0.29) is 27.4 Å². The number of ether oxygens (including phenoxy) is 1. The molecule has 0 aliphatic carbocycles. The monoisotopic (exact) mass is 508 g/mol. The number of fused-ring (bicyclic) bond motifs is 1. The van der Waals surface area contributed by atoms with E-state index in [4.69, 9.17) is 14.9 Å². The van der Waals surface area contributed by atoms with E-state index in [2.05, 4.69) is 23.2 Å². The number of carbonyl (C=O) groups is 1. The molecule has 168 valence electrons. The Kier molecular flexibility index (Phi) is 6.55. The SMILES string of the molecule is CCOC(=O)C1=C(C)N(C)c2c(C#N)c([Se]Cc3ccccc3)nc(N)c2C1c1ccco1. The number of anilines is 2. The number of nitrogens with two attached hydrogens (primary N) is 1. The molecular weight excluding hydrogens is 483 g/mol. The molecule has 1 aromatic carbocycles. The molecule has 1 aliphatic heterocycles. The van der Waals surface area contributed by atoms with Crippen LogP contribution in [0, 0.1) is 11.3 Å². The van der Waals surface area contributed by atoms with Crippen LogP contribution in [0.1, 0.15) is 42.2 Å². The Morgan fingerprint density at radius 2 is 2.06 bits per heavy atom. The van der Waals surface area contributed by atoms with Crippen molar-refractivity contribution in [2.24, 2.45) is 0 Å². The average Bonchev–Trinajstić information content (AvgIpc) is 3.35. The Hall–Kier alpha value is -3.53. The minimum atomic E-state index is -0.611. The number of benzene rings is 1. The van der Waals surface area contributed by atoms with Gasteiger partial charge in [-0.25, -0.2) is 0 Å². The van der Waals surface area contributed by atoms with E-state index >= 15 is 0 Å². The third kappa shape index (κ3) is 4.13. The topological polar surface area (TPSA) is 105 Å². The van der Waals surface area contributed by atoms with Gasteiger partial charge in [0.25, 0.3) is 0 Å². The van der Waals surface area contributed by atoms with Crippen LogP contribution in [0.4, 0.5) is 11.5 Å². The Balaban J connectivity index is 1.88. The van der Waals surface area contributed by atoms with Gasteiger partial charge in [-0.05, 0) is 0 Å². The Morgan fingerprint density at radius 3 is 2.70 bits per heavy atom. The van der Waals surface area contributed by atoms with Crippen molar-refractivity contribution < 1.29 is 13.9 Å². The number of esters is 1. The molecule has 8 heteroatoms. The first-order chi connectivity index (χ1) is 16.0. The molecular formula is C25H24N4O3Se. The molecule has 0 saturated heterocycles. The number of carbonyl (C=O) groups excluding carboxylic acids is 1. The van der Waals surface area contributed by atoms with Crippen LogP contribution in [0.5, 0.6) is 0 Å². The maximum absolute atomic E-state index is 13.0. The molecule has 0 saturated carbocycles. The molecule has 0 spiro atoms. The second-order valence-corrected chi connectivity index (χ2v) is 9.58. The molecule has 3 heterocycles. The maximum atomic E-state index is 13.0. The molecule has 1 atom stereocenters. The van der Waals surface area contributed by atoms with Crippen LogP contribution < -0.4 is 15.2 Å². The number of allylic oxidation sites excluding steroid dienone is 1. The summed E-state index contributed by atoms with van der Waals surface area (Å²) in [6, 6.07) is 16.0. The van der Waals surface area contributed by atoms with Gasteiger partial charge >= 0.3 is 199 Å². The van der Waals surface area contributed by atoms with Crippen molar-refractivity contribution in [2.45, 2.75) is 25.1 Å². The zero-order chi connectivity index (χ0) is 23.5. The van der Waals surface area contributed by atoms with E-state index in [0.717, 1.165) is 5.32 Å². The molecule has 3 aromatic rings. The van der Waals surface area contributed by atoms with Gasteiger partial charge in [-0.15, -0.1) is 0 Å². The number of nitrogen functional groups attached to an aromatic ring is 1. The molecule has 0 radical (unpaired) electrons. The van der Waals surface area contributed by atoms with Gasteiger partial charge in [0.1, 0.15) is 0 Å². The van der Waals surface area contributed by atoms with Gasteiger partial charge in [-0.2, -0.15) is 0 Å². The van der Waals surface area contributed by atoms with E-state index < -0.39 is 11.9 Å². The molecule has 0 amide bonds. The summed E-state index contributed by atoms with van der Waals surface area (Å²) in [5, 5.41) is 11.0. The van der Waals surface area contributed by atoms with E-state index in [1.165, 1.54) is 5.56 Å². The molecule has 7 nitrogen and oxygen atoms in total. The molecule has 0 bridgehead atoms. The van der Waals surface area contributed by atoms with Crippen LogP contribution in [-0.4, -0.2) is 39.6 Å². The first-order valence-corrected chi connectivity index (χ1v) is 12.6. The van der Waals surface area contributed by atoms with Gasteiger partial charge in [-0.3, -0.25) is 0 Å². The molecule has 2 N–H and O–H groups in total. The number of pyridine rings is 1. The summed E-state index contributed by atoms with van der Waals surface area (Å²) in [6.07, 6.45) is 1.55. The molecule has 0 fully saturated rings. The summed E-state index contributed by atoms with van der Waals surface area (Å²) >= 11 is -0.102. The van der Waals surface area contributed by atoms with Gasteiger partial charge in [0, 0.05) is 0 Å². The van der Waals surface area contributed by atoms with Crippen LogP contribution in [-0.2, 0) is 14.9 Å². The number of aromatic nitrogens is 1. The van der Waals surface area contributed by atoms with Gasteiger partial charge < -0.3 is 0 Å². The fourth-order valence-corrected chi connectivity index (χ4v) is 6.05. The zero-order valence-corrected chi connectivity index (χ0v) is 20.4. The normalized spacial score (nSPS) is 15.2. The van der Waals surface area contributed by atoms with Crippen molar-refractivity contribution in [3.05, 3.63) is 82.4 Å². The molecule has 1 aliphatic rings. The number of furan rings is 1. The van der Waals surface area contributed by atoms with Gasteiger partial charge in [0.05, 0.1) is 0 Å². The first kappa shape index (κ1) is 22.7. The van der Waals surface area contributed by atoms with Crippen LogP contribution in [0.25, 0.3) is 0 Å². The quantitative estimate of drug-likeness (QED) is 0.404. The summed E-state index contributed by atoms with van der Waals surface area (Å²) < 4.78 is 11.8. The predicted molar refractivity (Wildman–Crippen MR) is 127 cm³/mol. The van der Waals surface area contributed by atoms with Crippen molar-refractivity contribution in [1.29, 1.82) is 5.26 Å². The number of hydrogen-bond acceptors (Lipinski definition) is 7. The van der Waals surface area contributed by atoms with E-state index in [9.17, 15) is 10.1 Å². The standard InChI is InChI=1S/C25H24N4O3Se/c1-4-31-25(30)19-15(2)29(3)22-17(13-26)24(33-14-16-9-6-5-7-10-16)28-23(27)21(22)20(19)18-11-8-12-32-18/h5-12,20H,4,14H2,1-3H3,(H2,27,28). The molecule has 33 heavy (non-hydrogen) atoms. The molecule has 2 aromatic heterocycles. The Bertz CT molecular complexity index is 1250. The summed E-state index contributed by atoms with van der Waals surface area (Å²) in [4.78, 5) is 19.5. The van der Waals surface area contributed by atoms with Gasteiger partial charge in [-0.1, -0.05) is 0 Å². The Morgan fingerprint density at radius 1 is 1.30 bits per heavy atom. The van der Waals surface area contributed by atoms with Crippen molar-refractivity contribution in [3.8, 4) is 6.07 Å². The summed E-state index contributed by atoms with van der Waals surface area (Å²) in [7, 11) is 1.83. The zero-order valence-electron chi connectivity index (χ0n) is 18.7. The molecule has 1 unspecified atom stereocenters. The summed E-state index contributed by atoms with van der Waals surface area (Å²) in [5.74, 6) is -0.215. The second-order valence-electron chi connectivity index (χ2n) is 7.55. The van der Waals surface area contributed by atoms with E-state index in [1.54, 1.807) is 25.3 Å². The first-order valence-electron chi connectivity index (χ1n) is 10.5. The van der Waals surface area contributed by atoms with Crippen LogP contribution in [0.3, 0.4) is 0 Å². The summed E-state index contributed by atoms with van der Waals surface area (Å²) in [5.41, 5.74) is 10.6. The van der Waals surface area contributed by atoms with Crippen molar-refractivity contribution in [3.63, 3.8) is 0 Å². The Labute approximate surface area is 199 Å². The number of nitriles is 1. The predicted octanol–water partition coefficient (Wildman–Crippen LogP) is 3.08. The number of nitrogens with zero attached hydrogens (tertiary/aromatic N) is 3. The summed E-state index contributed by atoms with van der Waals surface area (Å²) in [6.45, 7) is 3.86. The van der Waals surface area contributed by atoms with Crippen LogP contribution in [0.2, 0.25) is 0 Å². The average molecular weight is 507 g/mol.